The maximum Gasteiger partial charge on any atom is 0.262 e. The lowest BCUT2D eigenvalue weighted by molar-refractivity contribution is -0.118. The molecule has 0 aliphatic carbocycles. The van der Waals surface area contributed by atoms with E-state index in [4.69, 9.17) is 16.3 Å². The molecule has 146 valence electrons. The number of nitrogens with zero attached hydrogens (tertiary/aromatic N) is 2. The van der Waals surface area contributed by atoms with E-state index in [0.29, 0.717) is 34.2 Å². The molecule has 0 radical (unpaired) electrons. The number of aromatic nitrogens is 2. The molecule has 1 aliphatic rings. The highest BCUT2D eigenvalue weighted by Gasteiger charge is 2.20. The Bertz CT molecular complexity index is 865. The number of unbranched alkanes of at least 4 members (excludes halogenated alkanes) is 1. The molecule has 1 amide bonds. The molecule has 2 heterocycles. The van der Waals surface area contributed by atoms with E-state index in [-0.39, 0.29) is 23.3 Å². The Kier molecular flexibility index (Phi) is 7.15. The number of amides is 1. The van der Waals surface area contributed by atoms with Crippen LogP contribution in [0, 0.1) is 0 Å². The van der Waals surface area contributed by atoms with Gasteiger partial charge < -0.3 is 10.1 Å². The molecule has 1 aromatic carbocycles. The van der Waals surface area contributed by atoms with E-state index < -0.39 is 0 Å². The molecule has 0 unspecified atom stereocenters. The molecule has 6 nitrogen and oxygen atoms in total. The van der Waals surface area contributed by atoms with Crippen molar-refractivity contribution in [2.45, 2.75) is 50.4 Å². The van der Waals surface area contributed by atoms with Gasteiger partial charge in [-0.3, -0.25) is 14.2 Å². The summed E-state index contributed by atoms with van der Waals surface area (Å²) in [6, 6.07) is 5.07. The van der Waals surface area contributed by atoms with Gasteiger partial charge in [-0.25, -0.2) is 4.98 Å². The predicted molar refractivity (Wildman–Crippen MR) is 109 cm³/mol. The number of hydrogen-bond donors (Lipinski definition) is 1. The van der Waals surface area contributed by atoms with E-state index in [0.717, 1.165) is 32.3 Å². The number of hydrogen-bond acceptors (Lipinski definition) is 5. The number of benzene rings is 1. The molecule has 3 rings (SSSR count). The van der Waals surface area contributed by atoms with Crippen LogP contribution in [-0.2, 0) is 16.1 Å². The Morgan fingerprint density at radius 1 is 1.48 bits per heavy atom. The fraction of sp³-hybridized carbons (Fsp3) is 0.526. The summed E-state index contributed by atoms with van der Waals surface area (Å²) < 4.78 is 7.33. The summed E-state index contributed by atoms with van der Waals surface area (Å²) in [7, 11) is 0. The highest BCUT2D eigenvalue weighted by molar-refractivity contribution is 7.99. The van der Waals surface area contributed by atoms with Crippen molar-refractivity contribution in [3.8, 4) is 0 Å². The van der Waals surface area contributed by atoms with Gasteiger partial charge in [0.25, 0.3) is 5.56 Å². The largest absolute Gasteiger partial charge is 0.376 e. The number of thioether (sulfide) groups is 1. The van der Waals surface area contributed by atoms with Gasteiger partial charge in [0.05, 0.1) is 29.3 Å². The first-order chi connectivity index (χ1) is 13.1. The summed E-state index contributed by atoms with van der Waals surface area (Å²) in [5, 5.41) is 4.46. The van der Waals surface area contributed by atoms with Crippen molar-refractivity contribution in [3.63, 3.8) is 0 Å². The van der Waals surface area contributed by atoms with Crippen molar-refractivity contribution in [1.29, 1.82) is 0 Å². The van der Waals surface area contributed by atoms with Crippen LogP contribution in [0.1, 0.15) is 32.6 Å². The highest BCUT2D eigenvalue weighted by atomic mass is 35.5. The van der Waals surface area contributed by atoms with Gasteiger partial charge in [-0.15, -0.1) is 0 Å². The van der Waals surface area contributed by atoms with Gasteiger partial charge in [0.1, 0.15) is 0 Å². The summed E-state index contributed by atoms with van der Waals surface area (Å²) in [6.07, 6.45) is 3.91. The Balaban J connectivity index is 1.85. The SMILES string of the molecule is CCCCNC(=O)CSc1nc2cc(Cl)ccc2c(=O)n1C[C@H]1CCCO1. The van der Waals surface area contributed by atoms with Crippen LogP contribution in [-0.4, -0.2) is 40.5 Å². The normalized spacial score (nSPS) is 16.7. The van der Waals surface area contributed by atoms with Gasteiger partial charge in [-0.1, -0.05) is 36.7 Å². The van der Waals surface area contributed by atoms with Crippen LogP contribution >= 0.6 is 23.4 Å². The van der Waals surface area contributed by atoms with Crippen molar-refractivity contribution in [2.75, 3.05) is 18.9 Å². The molecule has 1 N–H and O–H groups in total. The quantitative estimate of drug-likeness (QED) is 0.411. The third-order valence-corrected chi connectivity index (χ3v) is 5.69. The zero-order valence-electron chi connectivity index (χ0n) is 15.4. The summed E-state index contributed by atoms with van der Waals surface area (Å²) in [6.45, 7) is 3.91. The zero-order chi connectivity index (χ0) is 19.2. The van der Waals surface area contributed by atoms with Crippen molar-refractivity contribution >= 4 is 40.2 Å². The van der Waals surface area contributed by atoms with Crippen LogP contribution in [0.5, 0.6) is 0 Å². The number of nitrogens with one attached hydrogen (secondary N) is 1. The lowest BCUT2D eigenvalue weighted by Crippen LogP contribution is -2.30. The van der Waals surface area contributed by atoms with Crippen LogP contribution in [0.15, 0.2) is 28.2 Å². The maximum absolute atomic E-state index is 13.0. The number of carbonyl (C=O) groups excluding carboxylic acids is 1. The number of ether oxygens (including phenoxy) is 1. The molecular weight excluding hydrogens is 386 g/mol. The first-order valence-corrected chi connectivity index (χ1v) is 10.7. The van der Waals surface area contributed by atoms with Gasteiger partial charge in [-0.05, 0) is 37.5 Å². The van der Waals surface area contributed by atoms with Gasteiger partial charge in [0.2, 0.25) is 5.91 Å². The number of carbonyl (C=O) groups is 1. The molecular formula is C19H24ClN3O3S. The molecule has 1 atom stereocenters. The Morgan fingerprint density at radius 3 is 3.07 bits per heavy atom. The molecule has 27 heavy (non-hydrogen) atoms. The second-order valence-electron chi connectivity index (χ2n) is 6.60. The van der Waals surface area contributed by atoms with Gasteiger partial charge in [-0.2, -0.15) is 0 Å². The summed E-state index contributed by atoms with van der Waals surface area (Å²) >= 11 is 7.33. The van der Waals surface area contributed by atoms with Crippen LogP contribution in [0.25, 0.3) is 10.9 Å². The van der Waals surface area contributed by atoms with E-state index in [1.807, 2.05) is 0 Å². The van der Waals surface area contributed by atoms with E-state index in [9.17, 15) is 9.59 Å². The van der Waals surface area contributed by atoms with E-state index >= 15 is 0 Å². The number of rotatable bonds is 8. The molecule has 8 heteroatoms. The minimum Gasteiger partial charge on any atom is -0.376 e. The van der Waals surface area contributed by atoms with Crippen LogP contribution in [0.3, 0.4) is 0 Å². The monoisotopic (exact) mass is 409 g/mol. The fourth-order valence-corrected chi connectivity index (χ4v) is 4.03. The second kappa shape index (κ2) is 9.57. The minimum atomic E-state index is -0.124. The summed E-state index contributed by atoms with van der Waals surface area (Å²) in [5.74, 6) is 0.158. The van der Waals surface area contributed by atoms with E-state index in [1.165, 1.54) is 11.8 Å². The molecule has 1 saturated heterocycles. The van der Waals surface area contributed by atoms with Gasteiger partial charge in [0.15, 0.2) is 5.16 Å². The average Bonchev–Trinajstić information content (AvgIpc) is 3.16. The standard InChI is InChI=1S/C19H24ClN3O3S/c1-2-3-8-21-17(24)12-27-19-22-16-10-13(20)6-7-15(16)18(25)23(19)11-14-5-4-9-26-14/h6-7,10,14H,2-5,8-9,11-12H2,1H3,(H,21,24)/t14-/m1/s1. The van der Waals surface area contributed by atoms with Gasteiger partial charge >= 0.3 is 0 Å². The molecule has 1 fully saturated rings. The molecule has 0 bridgehead atoms. The second-order valence-corrected chi connectivity index (χ2v) is 7.98. The number of fused-ring (bicyclic) bond motifs is 1. The smallest absolute Gasteiger partial charge is 0.262 e. The van der Waals surface area contributed by atoms with Gasteiger partial charge in [0, 0.05) is 18.2 Å². The van der Waals surface area contributed by atoms with Crippen molar-refractivity contribution < 1.29 is 9.53 Å². The lowest BCUT2D eigenvalue weighted by atomic mass is 10.2. The topological polar surface area (TPSA) is 73.2 Å². The zero-order valence-corrected chi connectivity index (χ0v) is 16.9. The average molecular weight is 410 g/mol. The summed E-state index contributed by atoms with van der Waals surface area (Å²) in [4.78, 5) is 29.7. The maximum atomic E-state index is 13.0. The molecule has 0 spiro atoms. The van der Waals surface area contributed by atoms with Crippen LogP contribution < -0.4 is 10.9 Å². The number of halogens is 1. The first-order valence-electron chi connectivity index (χ1n) is 9.29. The molecule has 1 aliphatic heterocycles. The summed E-state index contributed by atoms with van der Waals surface area (Å²) in [5.41, 5.74) is 0.422. The highest BCUT2D eigenvalue weighted by Crippen LogP contribution is 2.22. The first kappa shape index (κ1) is 20.2. The Morgan fingerprint density at radius 2 is 2.33 bits per heavy atom. The van der Waals surface area contributed by atoms with Crippen LogP contribution in [0.2, 0.25) is 5.02 Å². The van der Waals surface area contributed by atoms with Crippen molar-refractivity contribution in [1.82, 2.24) is 14.9 Å². The third-order valence-electron chi connectivity index (χ3n) is 4.48. The van der Waals surface area contributed by atoms with Crippen LogP contribution in [0.4, 0.5) is 0 Å². The van der Waals surface area contributed by atoms with Crippen molar-refractivity contribution in [2.24, 2.45) is 0 Å². The van der Waals surface area contributed by atoms with E-state index in [2.05, 4.69) is 17.2 Å². The lowest BCUT2D eigenvalue weighted by Gasteiger charge is -2.16. The fourth-order valence-electron chi connectivity index (χ4n) is 3.02. The molecule has 0 saturated carbocycles. The molecule has 2 aromatic rings. The Hall–Kier alpha value is -1.57. The predicted octanol–water partition coefficient (Wildman–Crippen LogP) is 3.24. The minimum absolute atomic E-state index is 0.00646. The Labute approximate surface area is 167 Å². The molecule has 1 aromatic heterocycles. The van der Waals surface area contributed by atoms with E-state index in [1.54, 1.807) is 22.8 Å². The third kappa shape index (κ3) is 5.24. The van der Waals surface area contributed by atoms with Crippen molar-refractivity contribution in [3.05, 3.63) is 33.6 Å².